The molecule has 0 unspecified atom stereocenters. The van der Waals surface area contributed by atoms with Gasteiger partial charge in [-0.05, 0) is 55.7 Å². The maximum Gasteiger partial charge on any atom is 0.00816 e. The second-order valence-corrected chi connectivity index (χ2v) is 5.69. The third kappa shape index (κ3) is 3.32. The van der Waals surface area contributed by atoms with Crippen LogP contribution in [-0.2, 0) is 19.3 Å². The fraction of sp³-hybridized carbons (Fsp3) is 0.625. The van der Waals surface area contributed by atoms with Crippen molar-refractivity contribution in [2.45, 2.75) is 65.0 Å². The minimum atomic E-state index is 0.573. The van der Waals surface area contributed by atoms with Crippen molar-refractivity contribution in [1.29, 1.82) is 0 Å². The highest BCUT2D eigenvalue weighted by Gasteiger charge is 2.14. The summed E-state index contributed by atoms with van der Waals surface area (Å²) in [5, 5.41) is 3.60. The third-order valence-corrected chi connectivity index (χ3v) is 3.64. The van der Waals surface area contributed by atoms with Crippen LogP contribution in [0.4, 0.5) is 0 Å². The largest absolute Gasteiger partial charge is 0.312 e. The quantitative estimate of drug-likeness (QED) is 0.836. The molecule has 94 valence electrons. The molecule has 0 spiro atoms. The van der Waals surface area contributed by atoms with Gasteiger partial charge in [-0.3, -0.25) is 0 Å². The van der Waals surface area contributed by atoms with Crippen molar-refractivity contribution in [3.63, 3.8) is 0 Å². The summed E-state index contributed by atoms with van der Waals surface area (Å²) in [5.41, 5.74) is 4.82. The zero-order valence-corrected chi connectivity index (χ0v) is 11.4. The van der Waals surface area contributed by atoms with Crippen LogP contribution in [0.5, 0.6) is 0 Å². The smallest absolute Gasteiger partial charge is 0.00816 e. The van der Waals surface area contributed by atoms with E-state index >= 15 is 0 Å². The SMILES string of the molecule is CC(C)N[C@@H](C)Cc1cccc2c1CCCC2. The molecule has 0 fully saturated rings. The summed E-state index contributed by atoms with van der Waals surface area (Å²) < 4.78 is 0. The normalized spacial score (nSPS) is 16.9. The van der Waals surface area contributed by atoms with E-state index in [1.165, 1.54) is 32.1 Å². The molecule has 0 aromatic heterocycles. The summed E-state index contributed by atoms with van der Waals surface area (Å²) in [4.78, 5) is 0. The number of benzene rings is 1. The highest BCUT2D eigenvalue weighted by Crippen LogP contribution is 2.25. The molecule has 1 nitrogen and oxygen atoms in total. The van der Waals surface area contributed by atoms with Crippen molar-refractivity contribution >= 4 is 0 Å². The van der Waals surface area contributed by atoms with Crippen molar-refractivity contribution < 1.29 is 0 Å². The standard InChI is InChI=1S/C16H25N/c1-12(2)17-13(3)11-15-9-6-8-14-7-4-5-10-16(14)15/h6,8-9,12-13,17H,4-5,7,10-11H2,1-3H3/t13-/m0/s1. The zero-order valence-electron chi connectivity index (χ0n) is 11.4. The third-order valence-electron chi connectivity index (χ3n) is 3.64. The molecular formula is C16H25N. The van der Waals surface area contributed by atoms with Crippen LogP contribution in [0, 0.1) is 0 Å². The van der Waals surface area contributed by atoms with Crippen molar-refractivity contribution in [2.75, 3.05) is 0 Å². The molecule has 2 rings (SSSR count). The van der Waals surface area contributed by atoms with Gasteiger partial charge >= 0.3 is 0 Å². The second-order valence-electron chi connectivity index (χ2n) is 5.69. The van der Waals surface area contributed by atoms with E-state index in [0.29, 0.717) is 12.1 Å². The highest BCUT2D eigenvalue weighted by atomic mass is 14.9. The Bertz CT molecular complexity index is 368. The fourth-order valence-electron chi connectivity index (χ4n) is 3.01. The maximum atomic E-state index is 3.60. The predicted molar refractivity (Wildman–Crippen MR) is 74.5 cm³/mol. The van der Waals surface area contributed by atoms with Crippen molar-refractivity contribution in [3.05, 3.63) is 34.9 Å². The Kier molecular flexibility index (Phi) is 4.22. The summed E-state index contributed by atoms with van der Waals surface area (Å²) in [6.45, 7) is 6.73. The van der Waals surface area contributed by atoms with Gasteiger partial charge in [0.1, 0.15) is 0 Å². The molecule has 0 saturated heterocycles. The van der Waals surface area contributed by atoms with E-state index in [-0.39, 0.29) is 0 Å². The minimum Gasteiger partial charge on any atom is -0.312 e. The predicted octanol–water partition coefficient (Wildman–Crippen LogP) is 3.49. The Balaban J connectivity index is 2.10. The van der Waals surface area contributed by atoms with Gasteiger partial charge in [-0.1, -0.05) is 32.0 Å². The monoisotopic (exact) mass is 231 g/mol. The molecule has 0 heterocycles. The maximum absolute atomic E-state index is 3.60. The molecule has 1 aliphatic rings. The molecule has 0 aliphatic heterocycles. The number of fused-ring (bicyclic) bond motifs is 1. The second kappa shape index (κ2) is 5.68. The van der Waals surface area contributed by atoms with E-state index < -0.39 is 0 Å². The van der Waals surface area contributed by atoms with Gasteiger partial charge in [-0.15, -0.1) is 0 Å². The number of nitrogens with one attached hydrogen (secondary N) is 1. The van der Waals surface area contributed by atoms with Crippen molar-refractivity contribution in [2.24, 2.45) is 0 Å². The molecule has 0 saturated carbocycles. The van der Waals surface area contributed by atoms with Gasteiger partial charge in [0.15, 0.2) is 0 Å². The average Bonchev–Trinajstić information content (AvgIpc) is 2.28. The lowest BCUT2D eigenvalue weighted by Gasteiger charge is -2.22. The van der Waals surface area contributed by atoms with Crippen LogP contribution < -0.4 is 5.32 Å². The first-order chi connectivity index (χ1) is 8.16. The molecule has 0 radical (unpaired) electrons. The average molecular weight is 231 g/mol. The molecule has 0 amide bonds. The lowest BCUT2D eigenvalue weighted by molar-refractivity contribution is 0.485. The number of hydrogen-bond acceptors (Lipinski definition) is 1. The van der Waals surface area contributed by atoms with E-state index in [4.69, 9.17) is 0 Å². The Morgan fingerprint density at radius 1 is 1.12 bits per heavy atom. The topological polar surface area (TPSA) is 12.0 Å². The Labute approximate surface area is 106 Å². The van der Waals surface area contributed by atoms with Gasteiger partial charge in [-0.25, -0.2) is 0 Å². The van der Waals surface area contributed by atoms with Crippen molar-refractivity contribution in [1.82, 2.24) is 5.32 Å². The summed E-state index contributed by atoms with van der Waals surface area (Å²) >= 11 is 0. The molecule has 17 heavy (non-hydrogen) atoms. The van der Waals surface area contributed by atoms with E-state index in [0.717, 1.165) is 0 Å². The fourth-order valence-corrected chi connectivity index (χ4v) is 3.01. The van der Waals surface area contributed by atoms with Gasteiger partial charge in [0, 0.05) is 12.1 Å². The van der Waals surface area contributed by atoms with Crippen LogP contribution in [-0.4, -0.2) is 12.1 Å². The van der Waals surface area contributed by atoms with Crippen LogP contribution in [0.1, 0.15) is 50.3 Å². The molecule has 1 atom stereocenters. The Morgan fingerprint density at radius 2 is 1.88 bits per heavy atom. The van der Waals surface area contributed by atoms with E-state index in [1.807, 2.05) is 0 Å². The number of aryl methyl sites for hydroxylation is 1. The molecule has 1 heteroatoms. The van der Waals surface area contributed by atoms with Gasteiger partial charge in [0.25, 0.3) is 0 Å². The summed E-state index contributed by atoms with van der Waals surface area (Å²) in [6.07, 6.45) is 6.49. The lowest BCUT2D eigenvalue weighted by Crippen LogP contribution is -2.34. The summed E-state index contributed by atoms with van der Waals surface area (Å²) in [6, 6.07) is 8.02. The summed E-state index contributed by atoms with van der Waals surface area (Å²) in [5.74, 6) is 0. The first-order valence-corrected chi connectivity index (χ1v) is 7.02. The molecular weight excluding hydrogens is 206 g/mol. The molecule has 1 aromatic rings. The van der Waals surface area contributed by atoms with E-state index in [2.05, 4.69) is 44.3 Å². The van der Waals surface area contributed by atoms with Crippen LogP contribution >= 0.6 is 0 Å². The van der Waals surface area contributed by atoms with Gasteiger partial charge in [0.2, 0.25) is 0 Å². The first kappa shape index (κ1) is 12.6. The summed E-state index contributed by atoms with van der Waals surface area (Å²) in [7, 11) is 0. The van der Waals surface area contributed by atoms with Crippen LogP contribution in [0.2, 0.25) is 0 Å². The Morgan fingerprint density at radius 3 is 2.65 bits per heavy atom. The van der Waals surface area contributed by atoms with Crippen LogP contribution in [0.15, 0.2) is 18.2 Å². The molecule has 1 aromatic carbocycles. The Hall–Kier alpha value is -0.820. The number of rotatable bonds is 4. The van der Waals surface area contributed by atoms with E-state index in [1.54, 1.807) is 16.7 Å². The van der Waals surface area contributed by atoms with Gasteiger partial charge in [0.05, 0.1) is 0 Å². The van der Waals surface area contributed by atoms with Crippen LogP contribution in [0.25, 0.3) is 0 Å². The molecule has 1 N–H and O–H groups in total. The van der Waals surface area contributed by atoms with Crippen LogP contribution in [0.3, 0.4) is 0 Å². The minimum absolute atomic E-state index is 0.573. The van der Waals surface area contributed by atoms with Gasteiger partial charge in [-0.2, -0.15) is 0 Å². The van der Waals surface area contributed by atoms with Crippen molar-refractivity contribution in [3.8, 4) is 0 Å². The molecule has 1 aliphatic carbocycles. The van der Waals surface area contributed by atoms with E-state index in [9.17, 15) is 0 Å². The highest BCUT2D eigenvalue weighted by molar-refractivity contribution is 5.37. The lowest BCUT2D eigenvalue weighted by atomic mass is 9.86. The zero-order chi connectivity index (χ0) is 12.3. The van der Waals surface area contributed by atoms with Gasteiger partial charge < -0.3 is 5.32 Å². The number of hydrogen-bond donors (Lipinski definition) is 1. The molecule has 0 bridgehead atoms. The first-order valence-electron chi connectivity index (χ1n) is 7.02.